The Morgan fingerprint density at radius 3 is 2.70 bits per heavy atom. The van der Waals surface area contributed by atoms with Gasteiger partial charge in [0, 0.05) is 13.1 Å². The van der Waals surface area contributed by atoms with Gasteiger partial charge >= 0.3 is 0 Å². The van der Waals surface area contributed by atoms with Crippen molar-refractivity contribution in [2.24, 2.45) is 0 Å². The molecule has 0 saturated carbocycles. The zero-order chi connectivity index (χ0) is 8.15. The normalized spacial score (nSPS) is 12.2. The van der Waals surface area contributed by atoms with Gasteiger partial charge in [0.15, 0.2) is 5.81 Å². The minimum absolute atomic E-state index is 0.148. The van der Waals surface area contributed by atoms with Crippen molar-refractivity contribution in [3.63, 3.8) is 0 Å². The van der Waals surface area contributed by atoms with Crippen LogP contribution in [0.25, 0.3) is 0 Å². The standard InChI is InChI=1S/C7H12BNO/c1-4-5-6(2)9(3)7(8)10/h4,6H,1,5H2,2-3H3. The number of rotatable bonds is 3. The Bertz CT molecular complexity index is 136. The van der Waals surface area contributed by atoms with Crippen molar-refractivity contribution in [3.05, 3.63) is 12.7 Å². The van der Waals surface area contributed by atoms with E-state index in [4.69, 9.17) is 7.85 Å². The minimum atomic E-state index is -0.394. The van der Waals surface area contributed by atoms with E-state index in [0.717, 1.165) is 6.42 Å². The zero-order valence-electron chi connectivity index (χ0n) is 6.50. The lowest BCUT2D eigenvalue weighted by atomic mass is 10.1. The van der Waals surface area contributed by atoms with E-state index in [2.05, 4.69) is 6.58 Å². The highest BCUT2D eigenvalue weighted by atomic mass is 16.1. The van der Waals surface area contributed by atoms with E-state index in [9.17, 15) is 4.79 Å². The first-order valence-corrected chi connectivity index (χ1v) is 3.22. The fourth-order valence-corrected chi connectivity index (χ4v) is 0.617. The lowest BCUT2D eigenvalue weighted by Crippen LogP contribution is -2.33. The molecular formula is C7H12BNO. The number of nitrogens with zero attached hydrogens (tertiary/aromatic N) is 1. The summed E-state index contributed by atoms with van der Waals surface area (Å²) in [5.41, 5.74) is 0. The molecule has 0 spiro atoms. The predicted molar refractivity (Wildman–Crippen MR) is 43.2 cm³/mol. The molecule has 10 heavy (non-hydrogen) atoms. The summed E-state index contributed by atoms with van der Waals surface area (Å²) in [7, 11) is 6.70. The van der Waals surface area contributed by atoms with Gasteiger partial charge in [0.05, 0.1) is 0 Å². The quantitative estimate of drug-likeness (QED) is 0.422. The largest absolute Gasteiger partial charge is 0.353 e. The van der Waals surface area contributed by atoms with Crippen LogP contribution in [0, 0.1) is 0 Å². The van der Waals surface area contributed by atoms with Crippen LogP contribution in [0.3, 0.4) is 0 Å². The van der Waals surface area contributed by atoms with E-state index in [0.29, 0.717) is 0 Å². The molecule has 2 radical (unpaired) electrons. The third kappa shape index (κ3) is 2.71. The average Bonchev–Trinajstić information content (AvgIpc) is 1.87. The summed E-state index contributed by atoms with van der Waals surface area (Å²) in [5.74, 6) is -0.394. The van der Waals surface area contributed by atoms with Gasteiger partial charge in [0.1, 0.15) is 0 Å². The summed E-state index contributed by atoms with van der Waals surface area (Å²) in [4.78, 5) is 12.0. The van der Waals surface area contributed by atoms with Crippen LogP contribution < -0.4 is 0 Å². The van der Waals surface area contributed by atoms with Gasteiger partial charge in [-0.05, 0) is 13.3 Å². The Labute approximate surface area is 63.3 Å². The van der Waals surface area contributed by atoms with Gasteiger partial charge < -0.3 is 4.90 Å². The number of carbonyl (C=O) groups excluding carboxylic acids is 1. The van der Waals surface area contributed by atoms with Crippen molar-refractivity contribution in [1.29, 1.82) is 0 Å². The third-order valence-electron chi connectivity index (χ3n) is 1.52. The Hall–Kier alpha value is -0.725. The van der Waals surface area contributed by atoms with E-state index in [1.165, 1.54) is 4.90 Å². The number of amides is 1. The molecule has 0 aliphatic heterocycles. The van der Waals surface area contributed by atoms with Crippen LogP contribution in [0.4, 0.5) is 4.79 Å². The molecule has 1 unspecified atom stereocenters. The Morgan fingerprint density at radius 1 is 1.90 bits per heavy atom. The van der Waals surface area contributed by atoms with Crippen molar-refractivity contribution in [2.45, 2.75) is 19.4 Å². The van der Waals surface area contributed by atoms with Gasteiger partial charge in [0.25, 0.3) is 0 Å². The van der Waals surface area contributed by atoms with Gasteiger partial charge in [0.2, 0.25) is 7.85 Å². The SMILES string of the molecule is [B]C(=O)N(C)C(C)CC=C. The lowest BCUT2D eigenvalue weighted by molar-refractivity contribution is 0.218. The molecule has 2 nitrogen and oxygen atoms in total. The molecule has 0 bridgehead atoms. The summed E-state index contributed by atoms with van der Waals surface area (Å²) in [6.45, 7) is 5.49. The van der Waals surface area contributed by atoms with Crippen LogP contribution in [-0.2, 0) is 0 Å². The van der Waals surface area contributed by atoms with Crippen molar-refractivity contribution >= 4 is 13.7 Å². The maximum atomic E-state index is 10.5. The van der Waals surface area contributed by atoms with E-state index >= 15 is 0 Å². The molecule has 0 aromatic heterocycles. The molecule has 0 aromatic rings. The van der Waals surface area contributed by atoms with Crippen molar-refractivity contribution in [1.82, 2.24) is 4.90 Å². The fourth-order valence-electron chi connectivity index (χ4n) is 0.617. The van der Waals surface area contributed by atoms with Crippen LogP contribution in [-0.4, -0.2) is 31.6 Å². The van der Waals surface area contributed by atoms with Crippen LogP contribution >= 0.6 is 0 Å². The van der Waals surface area contributed by atoms with Crippen LogP contribution in [0.15, 0.2) is 12.7 Å². The highest BCUT2D eigenvalue weighted by Crippen LogP contribution is 2.00. The first kappa shape index (κ1) is 9.27. The topological polar surface area (TPSA) is 20.3 Å². The summed E-state index contributed by atoms with van der Waals surface area (Å²) >= 11 is 0. The molecule has 0 aliphatic carbocycles. The Morgan fingerprint density at radius 2 is 2.40 bits per heavy atom. The minimum Gasteiger partial charge on any atom is -0.353 e. The molecule has 1 atom stereocenters. The second kappa shape index (κ2) is 4.15. The second-order valence-electron chi connectivity index (χ2n) is 2.32. The van der Waals surface area contributed by atoms with Gasteiger partial charge in [-0.25, -0.2) is 0 Å². The highest BCUT2D eigenvalue weighted by Gasteiger charge is 2.07. The molecular weight excluding hydrogens is 125 g/mol. The molecule has 0 saturated heterocycles. The van der Waals surface area contributed by atoms with E-state index in [1.807, 2.05) is 6.92 Å². The molecule has 0 aromatic carbocycles. The maximum Gasteiger partial charge on any atom is 0.200 e. The molecule has 0 aliphatic rings. The second-order valence-corrected chi connectivity index (χ2v) is 2.32. The van der Waals surface area contributed by atoms with Crippen molar-refractivity contribution in [3.8, 4) is 0 Å². The molecule has 0 heterocycles. The van der Waals surface area contributed by atoms with Crippen LogP contribution in [0.2, 0.25) is 0 Å². The van der Waals surface area contributed by atoms with Gasteiger partial charge in [-0.2, -0.15) is 0 Å². The smallest absolute Gasteiger partial charge is 0.200 e. The molecule has 1 amide bonds. The third-order valence-corrected chi connectivity index (χ3v) is 1.52. The van der Waals surface area contributed by atoms with Gasteiger partial charge in [-0.1, -0.05) is 6.08 Å². The maximum absolute atomic E-state index is 10.5. The van der Waals surface area contributed by atoms with Gasteiger partial charge in [-0.15, -0.1) is 6.58 Å². The van der Waals surface area contributed by atoms with Gasteiger partial charge in [-0.3, -0.25) is 4.79 Å². The van der Waals surface area contributed by atoms with E-state index in [1.54, 1.807) is 13.1 Å². The number of hydrogen-bond donors (Lipinski definition) is 0. The molecule has 0 fully saturated rings. The first-order chi connectivity index (χ1) is 4.59. The Kier molecular flexibility index (Phi) is 3.85. The fraction of sp³-hybridized carbons (Fsp3) is 0.571. The summed E-state index contributed by atoms with van der Waals surface area (Å²) in [6, 6.07) is 0.148. The van der Waals surface area contributed by atoms with Crippen molar-refractivity contribution < 1.29 is 4.79 Å². The summed E-state index contributed by atoms with van der Waals surface area (Å²) < 4.78 is 0. The van der Waals surface area contributed by atoms with Crippen molar-refractivity contribution in [2.75, 3.05) is 7.05 Å². The molecule has 3 heteroatoms. The number of hydrogen-bond acceptors (Lipinski definition) is 1. The van der Waals surface area contributed by atoms with Crippen LogP contribution in [0.1, 0.15) is 13.3 Å². The predicted octanol–water partition coefficient (Wildman–Crippen LogP) is 1.17. The van der Waals surface area contributed by atoms with E-state index in [-0.39, 0.29) is 6.04 Å². The first-order valence-electron chi connectivity index (χ1n) is 3.22. The van der Waals surface area contributed by atoms with E-state index < -0.39 is 5.81 Å². The monoisotopic (exact) mass is 137 g/mol. The molecule has 0 rings (SSSR count). The average molecular weight is 137 g/mol. The lowest BCUT2D eigenvalue weighted by Gasteiger charge is -2.22. The zero-order valence-corrected chi connectivity index (χ0v) is 6.50. The number of carbonyl (C=O) groups is 1. The highest BCUT2D eigenvalue weighted by molar-refractivity contribution is 6.56. The molecule has 0 N–H and O–H groups in total. The molecule has 54 valence electrons. The van der Waals surface area contributed by atoms with Crippen LogP contribution in [0.5, 0.6) is 0 Å². The Balaban J connectivity index is 3.80. The summed E-state index contributed by atoms with van der Waals surface area (Å²) in [5, 5.41) is 0. The summed E-state index contributed by atoms with van der Waals surface area (Å²) in [6.07, 6.45) is 2.55.